The van der Waals surface area contributed by atoms with Gasteiger partial charge in [-0.05, 0) is 37.1 Å². The number of aryl methyl sites for hydroxylation is 1. The van der Waals surface area contributed by atoms with Gasteiger partial charge in [-0.2, -0.15) is 0 Å². The van der Waals surface area contributed by atoms with Crippen molar-refractivity contribution < 1.29 is 4.79 Å². The van der Waals surface area contributed by atoms with Crippen LogP contribution in [0.1, 0.15) is 27.0 Å². The van der Waals surface area contributed by atoms with Crippen LogP contribution in [0.15, 0.2) is 36.5 Å². The van der Waals surface area contributed by atoms with E-state index in [4.69, 9.17) is 11.5 Å². The predicted octanol–water partition coefficient (Wildman–Crippen LogP) is 1.70. The second-order valence-electron chi connectivity index (χ2n) is 4.51. The van der Waals surface area contributed by atoms with Gasteiger partial charge >= 0.3 is 0 Å². The van der Waals surface area contributed by atoms with Gasteiger partial charge in [0.2, 0.25) is 0 Å². The van der Waals surface area contributed by atoms with Gasteiger partial charge in [0.15, 0.2) is 5.78 Å². The summed E-state index contributed by atoms with van der Waals surface area (Å²) in [5, 5.41) is 0. The number of nitrogens with zero attached hydrogens (tertiary/aromatic N) is 1. The van der Waals surface area contributed by atoms with Crippen molar-refractivity contribution in [2.24, 2.45) is 5.73 Å². The molecule has 0 radical (unpaired) electrons. The molecule has 1 aromatic heterocycles. The standard InChI is InChI=1S/C15H17N3O/c1-10-8-13(15(17)18-9-10)14(19)12-4-2-11(3-5-12)6-7-16/h2-5,8-9H,6-7,16H2,1H3,(H2,17,18). The number of aromatic nitrogens is 1. The number of rotatable bonds is 4. The van der Waals surface area contributed by atoms with Crippen molar-refractivity contribution in [3.8, 4) is 0 Å². The van der Waals surface area contributed by atoms with Gasteiger partial charge in [-0.15, -0.1) is 0 Å². The van der Waals surface area contributed by atoms with E-state index in [1.165, 1.54) is 0 Å². The average molecular weight is 255 g/mol. The number of ketones is 1. The fraction of sp³-hybridized carbons (Fsp3) is 0.200. The Labute approximate surface area is 112 Å². The molecule has 0 saturated carbocycles. The Morgan fingerprint density at radius 3 is 2.58 bits per heavy atom. The van der Waals surface area contributed by atoms with Crippen molar-refractivity contribution in [1.29, 1.82) is 0 Å². The molecule has 4 nitrogen and oxygen atoms in total. The lowest BCUT2D eigenvalue weighted by molar-refractivity contribution is 0.103. The molecule has 0 fully saturated rings. The number of carbonyl (C=O) groups is 1. The van der Waals surface area contributed by atoms with Crippen LogP contribution in [0.4, 0.5) is 5.82 Å². The molecule has 0 aliphatic heterocycles. The average Bonchev–Trinajstić information content (AvgIpc) is 2.42. The minimum absolute atomic E-state index is 0.104. The summed E-state index contributed by atoms with van der Waals surface area (Å²) >= 11 is 0. The Balaban J connectivity index is 2.30. The molecule has 1 heterocycles. The predicted molar refractivity (Wildman–Crippen MR) is 76.0 cm³/mol. The molecule has 1 aromatic carbocycles. The van der Waals surface area contributed by atoms with Crippen molar-refractivity contribution in [1.82, 2.24) is 4.98 Å². The summed E-state index contributed by atoms with van der Waals surface area (Å²) in [5.41, 5.74) is 14.3. The first-order chi connectivity index (χ1) is 9.11. The number of carbonyl (C=O) groups excluding carboxylic acids is 1. The van der Waals surface area contributed by atoms with Crippen molar-refractivity contribution in [3.05, 3.63) is 58.8 Å². The highest BCUT2D eigenvalue weighted by Crippen LogP contribution is 2.16. The molecular formula is C15H17N3O. The Morgan fingerprint density at radius 1 is 1.26 bits per heavy atom. The van der Waals surface area contributed by atoms with Gasteiger partial charge in [-0.1, -0.05) is 24.3 Å². The van der Waals surface area contributed by atoms with Gasteiger partial charge in [0.05, 0.1) is 5.56 Å². The maximum atomic E-state index is 12.3. The summed E-state index contributed by atoms with van der Waals surface area (Å²) in [6.07, 6.45) is 2.46. The largest absolute Gasteiger partial charge is 0.383 e. The highest BCUT2D eigenvalue weighted by Gasteiger charge is 2.13. The van der Waals surface area contributed by atoms with Gasteiger partial charge in [0.25, 0.3) is 0 Å². The molecule has 0 amide bonds. The zero-order valence-electron chi connectivity index (χ0n) is 10.9. The summed E-state index contributed by atoms with van der Waals surface area (Å²) in [4.78, 5) is 16.4. The molecule has 98 valence electrons. The van der Waals surface area contributed by atoms with Crippen LogP contribution in [0, 0.1) is 6.92 Å². The smallest absolute Gasteiger partial charge is 0.196 e. The molecule has 4 N–H and O–H groups in total. The second kappa shape index (κ2) is 5.63. The van der Waals surface area contributed by atoms with E-state index < -0.39 is 0 Å². The first kappa shape index (κ1) is 13.2. The molecular weight excluding hydrogens is 238 g/mol. The summed E-state index contributed by atoms with van der Waals surface area (Å²) in [5.74, 6) is 0.162. The summed E-state index contributed by atoms with van der Waals surface area (Å²) in [6, 6.07) is 9.20. The lowest BCUT2D eigenvalue weighted by Gasteiger charge is -2.06. The monoisotopic (exact) mass is 255 g/mol. The van der Waals surface area contributed by atoms with E-state index >= 15 is 0 Å². The lowest BCUT2D eigenvalue weighted by Crippen LogP contribution is -2.08. The number of hydrogen-bond donors (Lipinski definition) is 2. The molecule has 4 heteroatoms. The number of nitrogens with two attached hydrogens (primary N) is 2. The lowest BCUT2D eigenvalue weighted by atomic mass is 10.0. The van der Waals surface area contributed by atoms with E-state index in [1.54, 1.807) is 24.4 Å². The van der Waals surface area contributed by atoms with Gasteiger partial charge in [0, 0.05) is 11.8 Å². The van der Waals surface area contributed by atoms with Gasteiger partial charge in [-0.3, -0.25) is 4.79 Å². The molecule has 2 rings (SSSR count). The zero-order chi connectivity index (χ0) is 13.8. The molecule has 0 saturated heterocycles. The minimum Gasteiger partial charge on any atom is -0.383 e. The molecule has 0 aliphatic carbocycles. The number of hydrogen-bond acceptors (Lipinski definition) is 4. The number of pyridine rings is 1. The molecule has 0 atom stereocenters. The van der Waals surface area contributed by atoms with E-state index in [2.05, 4.69) is 4.98 Å². The maximum absolute atomic E-state index is 12.3. The fourth-order valence-corrected chi connectivity index (χ4v) is 1.91. The Kier molecular flexibility index (Phi) is 3.92. The van der Waals surface area contributed by atoms with Crippen molar-refractivity contribution in [3.63, 3.8) is 0 Å². The summed E-state index contributed by atoms with van der Waals surface area (Å²) in [6.45, 7) is 2.48. The third kappa shape index (κ3) is 2.98. The molecule has 19 heavy (non-hydrogen) atoms. The first-order valence-electron chi connectivity index (χ1n) is 6.17. The summed E-state index contributed by atoms with van der Waals surface area (Å²) < 4.78 is 0. The van der Waals surface area contributed by atoms with E-state index in [-0.39, 0.29) is 11.6 Å². The van der Waals surface area contributed by atoms with Crippen LogP contribution in [0.5, 0.6) is 0 Å². The number of anilines is 1. The van der Waals surface area contributed by atoms with Gasteiger partial charge in [0.1, 0.15) is 5.82 Å². The third-order valence-electron chi connectivity index (χ3n) is 2.95. The number of benzene rings is 1. The van der Waals surface area contributed by atoms with Crippen LogP contribution < -0.4 is 11.5 Å². The van der Waals surface area contributed by atoms with E-state index in [1.807, 2.05) is 19.1 Å². The molecule has 2 aromatic rings. The fourth-order valence-electron chi connectivity index (χ4n) is 1.91. The maximum Gasteiger partial charge on any atom is 0.196 e. The van der Waals surface area contributed by atoms with Crippen molar-refractivity contribution in [2.45, 2.75) is 13.3 Å². The topological polar surface area (TPSA) is 82.0 Å². The quantitative estimate of drug-likeness (QED) is 0.815. The molecule has 0 unspecified atom stereocenters. The van der Waals surface area contributed by atoms with Crippen LogP contribution in [0.25, 0.3) is 0 Å². The highest BCUT2D eigenvalue weighted by molar-refractivity contribution is 6.11. The zero-order valence-corrected chi connectivity index (χ0v) is 10.9. The number of nitrogen functional groups attached to an aromatic ring is 1. The van der Waals surface area contributed by atoms with Crippen molar-refractivity contribution >= 4 is 11.6 Å². The van der Waals surface area contributed by atoms with E-state index in [0.29, 0.717) is 17.7 Å². The first-order valence-corrected chi connectivity index (χ1v) is 6.17. The summed E-state index contributed by atoms with van der Waals surface area (Å²) in [7, 11) is 0. The normalized spacial score (nSPS) is 10.4. The van der Waals surface area contributed by atoms with Crippen LogP contribution in [-0.4, -0.2) is 17.3 Å². The van der Waals surface area contributed by atoms with Crippen molar-refractivity contribution in [2.75, 3.05) is 12.3 Å². The van der Waals surface area contributed by atoms with Crippen LogP contribution in [0.2, 0.25) is 0 Å². The molecule has 0 bridgehead atoms. The van der Waals surface area contributed by atoms with Gasteiger partial charge < -0.3 is 11.5 Å². The van der Waals surface area contributed by atoms with Gasteiger partial charge in [-0.25, -0.2) is 4.98 Å². The minimum atomic E-state index is -0.104. The Morgan fingerprint density at radius 2 is 1.95 bits per heavy atom. The Hall–Kier alpha value is -2.20. The second-order valence-corrected chi connectivity index (χ2v) is 4.51. The SMILES string of the molecule is Cc1cnc(N)c(C(=O)c2ccc(CCN)cc2)c1. The van der Waals surface area contributed by atoms with E-state index in [0.717, 1.165) is 17.5 Å². The van der Waals surface area contributed by atoms with Crippen LogP contribution in [0.3, 0.4) is 0 Å². The van der Waals surface area contributed by atoms with Crippen LogP contribution in [-0.2, 0) is 6.42 Å². The Bertz CT molecular complexity index is 591. The highest BCUT2D eigenvalue weighted by atomic mass is 16.1. The van der Waals surface area contributed by atoms with E-state index in [9.17, 15) is 4.79 Å². The molecule has 0 aliphatic rings. The third-order valence-corrected chi connectivity index (χ3v) is 2.95. The van der Waals surface area contributed by atoms with Crippen LogP contribution >= 0.6 is 0 Å². The molecule has 0 spiro atoms.